The molecule has 3 N–H and O–H groups in total. The Labute approximate surface area is 340 Å². The Morgan fingerprint density at radius 3 is 0.833 bits per heavy atom. The number of carbonyl (C=O) groups excluding carboxylic acids is 1. The van der Waals surface area contributed by atoms with E-state index in [1.807, 2.05) is 0 Å². The second kappa shape index (κ2) is 46.8. The highest BCUT2D eigenvalue weighted by Crippen LogP contribution is 2.18. The Bertz CT molecular complexity index is 699. The van der Waals surface area contributed by atoms with Gasteiger partial charge in [0.25, 0.3) is 0 Å². The van der Waals surface area contributed by atoms with Crippen molar-refractivity contribution in [2.75, 3.05) is 6.61 Å². The number of unbranched alkanes of at least 4 members (excludes halogenated alkanes) is 40. The van der Waals surface area contributed by atoms with Gasteiger partial charge in [-0.1, -0.05) is 277 Å². The molecule has 0 saturated heterocycles. The van der Waals surface area contributed by atoms with Crippen LogP contribution in [-0.4, -0.2) is 34.9 Å². The van der Waals surface area contributed by atoms with Crippen molar-refractivity contribution >= 4 is 5.91 Å². The Hall–Kier alpha value is -0.610. The van der Waals surface area contributed by atoms with Gasteiger partial charge in [-0.15, -0.1) is 0 Å². The van der Waals surface area contributed by atoms with Crippen molar-refractivity contribution in [2.24, 2.45) is 0 Å². The van der Waals surface area contributed by atoms with Gasteiger partial charge < -0.3 is 15.5 Å². The van der Waals surface area contributed by atoms with Gasteiger partial charge >= 0.3 is 0 Å². The number of nitrogens with one attached hydrogen (secondary N) is 1. The summed E-state index contributed by atoms with van der Waals surface area (Å²) in [6.07, 6.45) is 57.8. The van der Waals surface area contributed by atoms with Crippen LogP contribution in [0.3, 0.4) is 0 Å². The summed E-state index contributed by atoms with van der Waals surface area (Å²) >= 11 is 0. The summed E-state index contributed by atoms with van der Waals surface area (Å²) in [6.45, 7) is 4.39. The minimum atomic E-state index is -0.653. The van der Waals surface area contributed by atoms with Crippen LogP contribution in [0.15, 0.2) is 0 Å². The fourth-order valence-corrected chi connectivity index (χ4v) is 8.25. The first-order valence-corrected chi connectivity index (χ1v) is 25.2. The van der Waals surface area contributed by atoms with Gasteiger partial charge in [0, 0.05) is 6.42 Å². The summed E-state index contributed by atoms with van der Waals surface area (Å²) in [5, 5.41) is 23.2. The van der Waals surface area contributed by atoms with Gasteiger partial charge in [-0.2, -0.15) is 0 Å². The average Bonchev–Trinajstić information content (AvgIpc) is 3.18. The van der Waals surface area contributed by atoms with Crippen molar-refractivity contribution in [2.45, 2.75) is 309 Å². The van der Waals surface area contributed by atoms with Crippen LogP contribution < -0.4 is 5.32 Å². The van der Waals surface area contributed by atoms with E-state index < -0.39 is 12.1 Å². The van der Waals surface area contributed by atoms with Crippen LogP contribution in [0.1, 0.15) is 296 Å². The highest BCUT2D eigenvalue weighted by molar-refractivity contribution is 5.76. The monoisotopic (exact) mass is 764 g/mol. The molecule has 54 heavy (non-hydrogen) atoms. The SMILES string of the molecule is CCCCCCCCCCCCCCCCCCCCCCCCCCCCCC(=O)N[C@@H](CO)[C@H](O)CCCCCCCCCCCCCCCCC. The summed E-state index contributed by atoms with van der Waals surface area (Å²) < 4.78 is 0. The quantitative estimate of drug-likeness (QED) is 0.0541. The number of hydrogen-bond acceptors (Lipinski definition) is 3. The molecule has 0 rings (SSSR count). The van der Waals surface area contributed by atoms with E-state index in [0.717, 1.165) is 25.7 Å². The molecule has 0 unspecified atom stereocenters. The first kappa shape index (κ1) is 53.4. The zero-order valence-electron chi connectivity index (χ0n) is 37.3. The molecule has 0 heterocycles. The molecule has 0 aromatic heterocycles. The third-order valence-corrected chi connectivity index (χ3v) is 12.1. The number of aliphatic hydroxyl groups excluding tert-OH is 2. The van der Waals surface area contributed by atoms with Crippen molar-refractivity contribution < 1.29 is 15.0 Å². The molecule has 0 aliphatic heterocycles. The lowest BCUT2D eigenvalue weighted by Crippen LogP contribution is -2.45. The van der Waals surface area contributed by atoms with Gasteiger partial charge in [0.15, 0.2) is 0 Å². The third-order valence-electron chi connectivity index (χ3n) is 12.1. The summed E-state index contributed by atoms with van der Waals surface area (Å²) in [7, 11) is 0. The predicted molar refractivity (Wildman–Crippen MR) is 240 cm³/mol. The van der Waals surface area contributed by atoms with E-state index in [0.29, 0.717) is 12.8 Å². The van der Waals surface area contributed by atoms with Gasteiger partial charge in [-0.3, -0.25) is 4.79 Å². The van der Waals surface area contributed by atoms with Crippen molar-refractivity contribution in [3.63, 3.8) is 0 Å². The highest BCUT2D eigenvalue weighted by Gasteiger charge is 2.20. The van der Waals surface area contributed by atoms with Crippen LogP contribution in [0.4, 0.5) is 0 Å². The maximum Gasteiger partial charge on any atom is 0.220 e. The summed E-state index contributed by atoms with van der Waals surface area (Å²) in [4.78, 5) is 12.4. The van der Waals surface area contributed by atoms with E-state index in [1.165, 1.54) is 244 Å². The minimum absolute atomic E-state index is 0.0239. The minimum Gasteiger partial charge on any atom is -0.394 e. The van der Waals surface area contributed by atoms with Crippen molar-refractivity contribution in [1.29, 1.82) is 0 Å². The smallest absolute Gasteiger partial charge is 0.220 e. The molecule has 0 bridgehead atoms. The van der Waals surface area contributed by atoms with E-state index in [1.54, 1.807) is 0 Å². The molecular weight excluding hydrogens is 663 g/mol. The fraction of sp³-hybridized carbons (Fsp3) is 0.980. The standard InChI is InChI=1S/C50H101NO3/c1-3-5-7-9-11-13-15-17-19-20-21-22-23-24-25-26-27-28-29-30-32-34-36-38-40-42-44-46-50(54)51-48(47-52)49(53)45-43-41-39-37-35-33-31-18-16-14-12-10-8-6-4-2/h48-49,52-53H,3-47H2,1-2H3,(H,51,54)/t48-,49+/m0/s1. The second-order valence-electron chi connectivity index (χ2n) is 17.6. The summed E-state index contributed by atoms with van der Waals surface area (Å²) in [5.74, 6) is -0.0239. The van der Waals surface area contributed by atoms with E-state index in [4.69, 9.17) is 0 Å². The highest BCUT2D eigenvalue weighted by atomic mass is 16.3. The van der Waals surface area contributed by atoms with E-state index >= 15 is 0 Å². The second-order valence-corrected chi connectivity index (χ2v) is 17.6. The zero-order chi connectivity index (χ0) is 39.3. The predicted octanol–water partition coefficient (Wildman–Crippen LogP) is 16.0. The van der Waals surface area contributed by atoms with Crippen LogP contribution in [-0.2, 0) is 4.79 Å². The number of rotatable bonds is 47. The molecule has 0 fully saturated rings. The normalized spacial score (nSPS) is 12.7. The molecule has 0 spiro atoms. The van der Waals surface area contributed by atoms with Crippen LogP contribution in [0.2, 0.25) is 0 Å². The molecule has 324 valence electrons. The summed E-state index contributed by atoms with van der Waals surface area (Å²) in [5.41, 5.74) is 0. The first-order chi connectivity index (χ1) is 26.7. The lowest BCUT2D eigenvalue weighted by Gasteiger charge is -2.22. The fourth-order valence-electron chi connectivity index (χ4n) is 8.25. The molecular formula is C50H101NO3. The molecule has 1 amide bonds. The Morgan fingerprint density at radius 1 is 0.370 bits per heavy atom. The topological polar surface area (TPSA) is 69.6 Å². The van der Waals surface area contributed by atoms with Crippen LogP contribution >= 0.6 is 0 Å². The number of aliphatic hydroxyl groups is 2. The Kier molecular flexibility index (Phi) is 46.2. The van der Waals surface area contributed by atoms with E-state index in [2.05, 4.69) is 19.2 Å². The lowest BCUT2D eigenvalue weighted by atomic mass is 10.0. The molecule has 0 aliphatic rings. The molecule has 0 saturated carbocycles. The van der Waals surface area contributed by atoms with E-state index in [9.17, 15) is 15.0 Å². The molecule has 0 radical (unpaired) electrons. The van der Waals surface area contributed by atoms with Crippen LogP contribution in [0.5, 0.6) is 0 Å². The van der Waals surface area contributed by atoms with Gasteiger partial charge in [-0.25, -0.2) is 0 Å². The number of hydrogen-bond donors (Lipinski definition) is 3. The van der Waals surface area contributed by atoms with Gasteiger partial charge in [0.2, 0.25) is 5.91 Å². The van der Waals surface area contributed by atoms with Crippen molar-refractivity contribution in [1.82, 2.24) is 5.32 Å². The molecule has 0 aromatic carbocycles. The molecule has 4 nitrogen and oxygen atoms in total. The third kappa shape index (κ3) is 42.5. The van der Waals surface area contributed by atoms with Crippen molar-refractivity contribution in [3.8, 4) is 0 Å². The molecule has 2 atom stereocenters. The number of carbonyl (C=O) groups is 1. The molecule has 0 aromatic rings. The maximum atomic E-state index is 12.4. The Balaban J connectivity index is 3.40. The molecule has 4 heteroatoms. The lowest BCUT2D eigenvalue weighted by molar-refractivity contribution is -0.123. The van der Waals surface area contributed by atoms with Crippen molar-refractivity contribution in [3.05, 3.63) is 0 Å². The average molecular weight is 764 g/mol. The number of amides is 1. The summed E-state index contributed by atoms with van der Waals surface area (Å²) in [6, 6.07) is -0.530. The van der Waals surface area contributed by atoms with Gasteiger partial charge in [0.05, 0.1) is 18.8 Å². The first-order valence-electron chi connectivity index (χ1n) is 25.2. The van der Waals surface area contributed by atoms with Crippen LogP contribution in [0.25, 0.3) is 0 Å². The largest absolute Gasteiger partial charge is 0.394 e. The molecule has 0 aliphatic carbocycles. The zero-order valence-corrected chi connectivity index (χ0v) is 37.3. The van der Waals surface area contributed by atoms with E-state index in [-0.39, 0.29) is 12.5 Å². The van der Waals surface area contributed by atoms with Crippen LogP contribution in [0, 0.1) is 0 Å². The Morgan fingerprint density at radius 2 is 0.593 bits per heavy atom. The van der Waals surface area contributed by atoms with Gasteiger partial charge in [0.1, 0.15) is 0 Å². The maximum absolute atomic E-state index is 12.4. The van der Waals surface area contributed by atoms with Gasteiger partial charge in [-0.05, 0) is 12.8 Å².